The average Bonchev–Trinajstić information content (AvgIpc) is 3.37. The smallest absolute Gasteiger partial charge is 0.326 e. The second-order valence-electron chi connectivity index (χ2n) is 9.75. The van der Waals surface area contributed by atoms with E-state index in [0.29, 0.717) is 11.1 Å². The molecule has 0 bridgehead atoms. The first kappa shape index (κ1) is 31.6. The zero-order chi connectivity index (χ0) is 30.8. The lowest BCUT2D eigenvalue weighted by Crippen LogP contribution is -2.58. The van der Waals surface area contributed by atoms with E-state index in [-0.39, 0.29) is 31.4 Å². The van der Waals surface area contributed by atoms with Crippen LogP contribution in [0.3, 0.4) is 0 Å². The van der Waals surface area contributed by atoms with Gasteiger partial charge < -0.3 is 47.7 Å². The Balaban J connectivity index is 1.72. The van der Waals surface area contributed by atoms with Crippen LogP contribution in [0.1, 0.15) is 24.0 Å². The second-order valence-corrected chi connectivity index (χ2v) is 9.75. The molecule has 4 unspecified atom stereocenters. The Hall–Kier alpha value is -4.95. The van der Waals surface area contributed by atoms with Gasteiger partial charge in [-0.25, -0.2) is 4.79 Å². The Morgan fingerprint density at radius 1 is 0.833 bits per heavy atom. The number of nitrogens with one attached hydrogen (secondary N) is 4. The summed E-state index contributed by atoms with van der Waals surface area (Å²) in [4.78, 5) is 64.9. The minimum Gasteiger partial charge on any atom is -0.508 e. The number of rotatable bonds is 15. The summed E-state index contributed by atoms with van der Waals surface area (Å²) in [7, 11) is 0. The summed E-state index contributed by atoms with van der Waals surface area (Å²) in [6, 6.07) is 7.68. The van der Waals surface area contributed by atoms with Crippen LogP contribution in [0.4, 0.5) is 0 Å². The maximum Gasteiger partial charge on any atom is 0.326 e. The number of aromatic hydroxyl groups is 1. The van der Waals surface area contributed by atoms with Crippen molar-refractivity contribution < 1.29 is 39.3 Å². The van der Waals surface area contributed by atoms with Crippen molar-refractivity contribution in [1.82, 2.24) is 20.9 Å². The summed E-state index contributed by atoms with van der Waals surface area (Å²) >= 11 is 0. The number of H-pyrrole nitrogens is 1. The highest BCUT2D eigenvalue weighted by molar-refractivity contribution is 5.94. The lowest BCUT2D eigenvalue weighted by molar-refractivity contribution is -0.142. The maximum atomic E-state index is 13.2. The lowest BCUT2D eigenvalue weighted by atomic mass is 10.0. The number of para-hydroxylation sites is 1. The fourth-order valence-electron chi connectivity index (χ4n) is 4.24. The maximum absolute atomic E-state index is 13.2. The van der Waals surface area contributed by atoms with Crippen LogP contribution in [-0.4, -0.2) is 80.7 Å². The Kier molecular flexibility index (Phi) is 11.0. The number of phenols is 1. The van der Waals surface area contributed by atoms with Crippen molar-refractivity contribution in [3.8, 4) is 5.75 Å². The van der Waals surface area contributed by atoms with E-state index < -0.39 is 60.4 Å². The number of aliphatic hydroxyl groups excluding tert-OH is 1. The number of amides is 4. The standard InChI is InChI=1S/C28H34N6O8/c29-19(9-10-24(30)37)25(38)32-21(11-15-5-7-17(36)8-6-15)26(39)34-23(14-35)27(40)33-22(28(41)42)12-16-13-31-20-4-2-1-3-18(16)20/h1-8,13,19,21-23,31,35-36H,9-12,14,29H2,(H2,30,37)(H,32,38)(H,33,40)(H,34,39)(H,41,42). The molecular weight excluding hydrogens is 548 g/mol. The summed E-state index contributed by atoms with van der Waals surface area (Å²) in [6.07, 6.45) is 1.27. The van der Waals surface area contributed by atoms with Crippen LogP contribution >= 0.6 is 0 Å². The summed E-state index contributed by atoms with van der Waals surface area (Å²) in [5.41, 5.74) is 12.9. The normalized spacial score (nSPS) is 13.9. The quantitative estimate of drug-likeness (QED) is 0.104. The van der Waals surface area contributed by atoms with E-state index in [1.807, 2.05) is 12.1 Å². The molecule has 3 rings (SSSR count). The third-order valence-corrected chi connectivity index (χ3v) is 6.58. The highest BCUT2D eigenvalue weighted by Gasteiger charge is 2.30. The van der Waals surface area contributed by atoms with Gasteiger partial charge in [-0.1, -0.05) is 30.3 Å². The number of nitrogens with two attached hydrogens (primary N) is 2. The molecule has 0 fully saturated rings. The molecule has 14 nitrogen and oxygen atoms in total. The van der Waals surface area contributed by atoms with E-state index in [1.54, 1.807) is 18.3 Å². The minimum absolute atomic E-state index is 0.0186. The predicted molar refractivity (Wildman–Crippen MR) is 151 cm³/mol. The van der Waals surface area contributed by atoms with Crippen molar-refractivity contribution in [2.45, 2.75) is 49.9 Å². The Morgan fingerprint density at radius 3 is 2.10 bits per heavy atom. The molecule has 4 atom stereocenters. The molecule has 1 aromatic heterocycles. The zero-order valence-electron chi connectivity index (χ0n) is 22.6. The van der Waals surface area contributed by atoms with E-state index in [4.69, 9.17) is 11.5 Å². The van der Waals surface area contributed by atoms with Gasteiger partial charge in [0.15, 0.2) is 0 Å². The molecule has 0 spiro atoms. The summed E-state index contributed by atoms with van der Waals surface area (Å²) in [5.74, 6) is -4.57. The number of aliphatic hydroxyl groups is 1. The van der Waals surface area contributed by atoms with Gasteiger partial charge in [0.05, 0.1) is 12.6 Å². The van der Waals surface area contributed by atoms with Crippen LogP contribution in [0.5, 0.6) is 5.75 Å². The van der Waals surface area contributed by atoms with Gasteiger partial charge in [-0.05, 0) is 35.7 Å². The van der Waals surface area contributed by atoms with Crippen molar-refractivity contribution in [3.05, 3.63) is 65.9 Å². The summed E-state index contributed by atoms with van der Waals surface area (Å²) in [5, 5.41) is 37.1. The molecule has 42 heavy (non-hydrogen) atoms. The van der Waals surface area contributed by atoms with Gasteiger partial charge >= 0.3 is 5.97 Å². The van der Waals surface area contributed by atoms with Crippen molar-refractivity contribution in [3.63, 3.8) is 0 Å². The van der Waals surface area contributed by atoms with Gasteiger partial charge in [-0.3, -0.25) is 19.2 Å². The number of primary amides is 1. The number of hydrogen-bond donors (Lipinski definition) is 9. The van der Waals surface area contributed by atoms with Crippen molar-refractivity contribution in [1.29, 1.82) is 0 Å². The van der Waals surface area contributed by atoms with Crippen molar-refractivity contribution in [2.24, 2.45) is 11.5 Å². The highest BCUT2D eigenvalue weighted by atomic mass is 16.4. The number of phenolic OH excluding ortho intramolecular Hbond substituents is 1. The molecule has 0 radical (unpaired) electrons. The largest absolute Gasteiger partial charge is 0.508 e. The van der Waals surface area contributed by atoms with Crippen molar-refractivity contribution in [2.75, 3.05) is 6.61 Å². The van der Waals surface area contributed by atoms with E-state index in [9.17, 15) is 39.3 Å². The van der Waals surface area contributed by atoms with Gasteiger partial charge in [-0.2, -0.15) is 0 Å². The molecule has 224 valence electrons. The van der Waals surface area contributed by atoms with Crippen LogP contribution < -0.4 is 27.4 Å². The first-order valence-electron chi connectivity index (χ1n) is 13.1. The van der Waals surface area contributed by atoms with Gasteiger partial charge in [0.1, 0.15) is 23.9 Å². The minimum atomic E-state index is -1.55. The molecule has 4 amide bonds. The third kappa shape index (κ3) is 8.78. The number of aliphatic carboxylic acids is 1. The van der Waals surface area contributed by atoms with Crippen LogP contribution in [0.2, 0.25) is 0 Å². The number of carboxylic acids is 1. The van der Waals surface area contributed by atoms with Crippen LogP contribution in [0.25, 0.3) is 10.9 Å². The van der Waals surface area contributed by atoms with E-state index in [0.717, 1.165) is 10.9 Å². The van der Waals surface area contributed by atoms with Crippen LogP contribution in [0, 0.1) is 0 Å². The molecule has 0 aliphatic rings. The van der Waals surface area contributed by atoms with Gasteiger partial charge in [0.25, 0.3) is 0 Å². The van der Waals surface area contributed by atoms with E-state index in [1.165, 1.54) is 24.3 Å². The summed E-state index contributed by atoms with van der Waals surface area (Å²) in [6.45, 7) is -0.866. The first-order chi connectivity index (χ1) is 20.0. The van der Waals surface area contributed by atoms with Crippen LogP contribution in [0.15, 0.2) is 54.7 Å². The van der Waals surface area contributed by atoms with E-state index >= 15 is 0 Å². The number of hydrogen-bond acceptors (Lipinski definition) is 8. The Labute approximate surface area is 240 Å². The monoisotopic (exact) mass is 582 g/mol. The van der Waals surface area contributed by atoms with Crippen LogP contribution in [-0.2, 0) is 36.8 Å². The van der Waals surface area contributed by atoms with Gasteiger partial charge in [0, 0.05) is 36.4 Å². The SMILES string of the molecule is NC(=O)CCC(N)C(=O)NC(Cc1ccc(O)cc1)C(=O)NC(CO)C(=O)NC(Cc1c[nH]c2ccccc12)C(=O)O. The number of fused-ring (bicyclic) bond motifs is 1. The van der Waals surface area contributed by atoms with Gasteiger partial charge in [0.2, 0.25) is 23.6 Å². The number of carbonyl (C=O) groups excluding carboxylic acids is 4. The third-order valence-electron chi connectivity index (χ3n) is 6.58. The second kappa shape index (κ2) is 14.6. The fourth-order valence-corrected chi connectivity index (χ4v) is 4.24. The molecule has 0 aliphatic heterocycles. The average molecular weight is 583 g/mol. The fraction of sp³-hybridized carbons (Fsp3) is 0.321. The Bertz CT molecular complexity index is 1420. The molecule has 0 saturated heterocycles. The zero-order valence-corrected chi connectivity index (χ0v) is 22.6. The number of benzene rings is 2. The number of aromatic amines is 1. The first-order valence-corrected chi connectivity index (χ1v) is 13.1. The number of carbonyl (C=O) groups is 5. The highest BCUT2D eigenvalue weighted by Crippen LogP contribution is 2.19. The van der Waals surface area contributed by atoms with E-state index in [2.05, 4.69) is 20.9 Å². The number of aromatic nitrogens is 1. The molecule has 2 aromatic carbocycles. The molecule has 11 N–H and O–H groups in total. The topological polar surface area (TPSA) is 250 Å². The van der Waals surface area contributed by atoms with Crippen molar-refractivity contribution >= 4 is 40.5 Å². The molecule has 14 heteroatoms. The predicted octanol–water partition coefficient (Wildman–Crippen LogP) is -1.22. The number of carboxylic acid groups (broad SMARTS) is 1. The molecule has 0 aliphatic carbocycles. The lowest BCUT2D eigenvalue weighted by Gasteiger charge is -2.24. The van der Waals surface area contributed by atoms with Gasteiger partial charge in [-0.15, -0.1) is 0 Å². The molecule has 1 heterocycles. The molecule has 3 aromatic rings. The molecule has 0 saturated carbocycles. The summed E-state index contributed by atoms with van der Waals surface area (Å²) < 4.78 is 0. The molecular formula is C28H34N6O8. The Morgan fingerprint density at radius 2 is 1.45 bits per heavy atom.